The summed E-state index contributed by atoms with van der Waals surface area (Å²) in [4.78, 5) is 2.27. The molecule has 196 valence electrons. The van der Waals surface area contributed by atoms with Gasteiger partial charge in [-0.3, -0.25) is 4.90 Å². The fourth-order valence-electron chi connectivity index (χ4n) is 5.75. The van der Waals surface area contributed by atoms with Crippen molar-refractivity contribution in [1.29, 1.82) is 0 Å². The van der Waals surface area contributed by atoms with Crippen LogP contribution in [-0.4, -0.2) is 68.2 Å². The third kappa shape index (κ3) is 5.77. The first-order chi connectivity index (χ1) is 17.9. The number of rotatable bonds is 8. The summed E-state index contributed by atoms with van der Waals surface area (Å²) in [5.74, 6) is 2.62. The Morgan fingerprint density at radius 3 is 2.38 bits per heavy atom. The summed E-state index contributed by atoms with van der Waals surface area (Å²) in [6.07, 6.45) is -0.515. The summed E-state index contributed by atoms with van der Waals surface area (Å²) in [6.45, 7) is 9.11. The molecule has 3 aromatic carbocycles. The summed E-state index contributed by atoms with van der Waals surface area (Å²) in [5.41, 5.74) is 3.16. The third-order valence-electron chi connectivity index (χ3n) is 7.53. The molecule has 0 saturated carbocycles. The number of methoxy groups -OCH3 is 1. The maximum atomic E-state index is 10.5. The molecule has 2 aliphatic heterocycles. The molecule has 0 amide bonds. The summed E-state index contributed by atoms with van der Waals surface area (Å²) < 4.78 is 18.0. The van der Waals surface area contributed by atoms with Crippen molar-refractivity contribution in [2.45, 2.75) is 37.4 Å². The Morgan fingerprint density at radius 1 is 0.973 bits per heavy atom. The van der Waals surface area contributed by atoms with Gasteiger partial charge in [0.1, 0.15) is 35.6 Å². The number of hydrogen-bond donors (Lipinski definition) is 2. The number of fused-ring (bicyclic) bond motifs is 1. The topological polar surface area (TPSA) is 63.2 Å². The smallest absolute Gasteiger partial charge is 0.127 e. The van der Waals surface area contributed by atoms with Crippen molar-refractivity contribution in [1.82, 2.24) is 10.2 Å². The van der Waals surface area contributed by atoms with Gasteiger partial charge in [-0.05, 0) is 43.2 Å². The molecule has 5 rings (SSSR count). The second-order valence-electron chi connectivity index (χ2n) is 10.6. The van der Waals surface area contributed by atoms with Crippen LogP contribution in [0.15, 0.2) is 72.8 Å². The molecule has 2 aliphatic rings. The number of nitrogens with zero attached hydrogens (tertiary/aromatic N) is 1. The molecule has 0 unspecified atom stereocenters. The predicted molar refractivity (Wildman–Crippen MR) is 146 cm³/mol. The van der Waals surface area contributed by atoms with Gasteiger partial charge in [-0.25, -0.2) is 0 Å². The van der Waals surface area contributed by atoms with Gasteiger partial charge in [0.05, 0.1) is 7.11 Å². The molecule has 1 fully saturated rings. The number of hydrogen-bond acceptors (Lipinski definition) is 6. The molecule has 0 bridgehead atoms. The minimum atomic E-state index is -0.515. The predicted octanol–water partition coefficient (Wildman–Crippen LogP) is 4.43. The molecule has 6 nitrogen and oxygen atoms in total. The van der Waals surface area contributed by atoms with Crippen LogP contribution in [-0.2, 0) is 0 Å². The standard InChI is InChI=1S/C31H38N2O4/c1-31(2)30(23-7-5-4-6-8-23)29(27-14-13-26(35-3)19-28(27)37-31)22-9-11-25(12-10-22)36-21-24(34)20-33-17-15-32-16-18-33/h4-14,19,24,29-30,32,34H,15-18,20-21H2,1-3H3/t24-,29+,30-/m0/s1. The average molecular weight is 503 g/mol. The van der Waals surface area contributed by atoms with Gasteiger partial charge in [0.25, 0.3) is 0 Å². The van der Waals surface area contributed by atoms with E-state index in [0.29, 0.717) is 6.54 Å². The number of benzene rings is 3. The Bertz CT molecular complexity index is 1160. The molecule has 6 heteroatoms. The van der Waals surface area contributed by atoms with Gasteiger partial charge in [0.15, 0.2) is 0 Å². The van der Waals surface area contributed by atoms with E-state index in [9.17, 15) is 5.11 Å². The number of β-amino-alcohol motifs (C(OH)–C–C–N with tert-alkyl or cyclic N) is 1. The van der Waals surface area contributed by atoms with E-state index >= 15 is 0 Å². The highest BCUT2D eigenvalue weighted by Gasteiger charge is 2.45. The van der Waals surface area contributed by atoms with Gasteiger partial charge < -0.3 is 24.6 Å². The van der Waals surface area contributed by atoms with E-state index in [4.69, 9.17) is 14.2 Å². The zero-order valence-electron chi connectivity index (χ0n) is 22.0. The summed E-state index contributed by atoms with van der Waals surface area (Å²) in [5, 5.41) is 13.8. The molecule has 3 atom stereocenters. The molecule has 37 heavy (non-hydrogen) atoms. The SMILES string of the molecule is COc1ccc2c(c1)OC(C)(C)[C@@H](c1ccccc1)[C@@H]2c1ccc(OC[C@@H](O)CN2CCNCC2)cc1. The fourth-order valence-corrected chi connectivity index (χ4v) is 5.75. The Labute approximate surface area is 220 Å². The van der Waals surface area contributed by atoms with Crippen molar-refractivity contribution in [3.8, 4) is 17.2 Å². The van der Waals surface area contributed by atoms with Crippen LogP contribution in [0.4, 0.5) is 0 Å². The van der Waals surface area contributed by atoms with E-state index in [0.717, 1.165) is 49.0 Å². The number of ether oxygens (including phenoxy) is 3. The van der Waals surface area contributed by atoms with Crippen LogP contribution in [0.1, 0.15) is 42.4 Å². The van der Waals surface area contributed by atoms with Crippen LogP contribution in [0.2, 0.25) is 0 Å². The highest BCUT2D eigenvalue weighted by Crippen LogP contribution is 2.53. The van der Waals surface area contributed by atoms with Crippen LogP contribution < -0.4 is 19.5 Å². The van der Waals surface area contributed by atoms with Crippen LogP contribution in [0.25, 0.3) is 0 Å². The minimum Gasteiger partial charge on any atom is -0.497 e. The highest BCUT2D eigenvalue weighted by atomic mass is 16.5. The second kappa shape index (κ2) is 11.1. The zero-order valence-corrected chi connectivity index (χ0v) is 22.0. The molecule has 0 spiro atoms. The number of aliphatic hydroxyl groups excluding tert-OH is 1. The molecule has 0 aromatic heterocycles. The molecule has 1 saturated heterocycles. The summed E-state index contributed by atoms with van der Waals surface area (Å²) in [7, 11) is 1.68. The Balaban J connectivity index is 1.39. The first-order valence-corrected chi connectivity index (χ1v) is 13.2. The molecule has 2 heterocycles. The van der Waals surface area contributed by atoms with Crippen LogP contribution in [0.3, 0.4) is 0 Å². The van der Waals surface area contributed by atoms with Gasteiger partial charge >= 0.3 is 0 Å². The average Bonchev–Trinajstić information content (AvgIpc) is 2.91. The van der Waals surface area contributed by atoms with Crippen molar-refractivity contribution in [3.63, 3.8) is 0 Å². The second-order valence-corrected chi connectivity index (χ2v) is 10.6. The lowest BCUT2D eigenvalue weighted by atomic mass is 9.68. The summed E-state index contributed by atoms with van der Waals surface area (Å²) in [6, 6.07) is 25.1. The lowest BCUT2D eigenvalue weighted by Gasteiger charge is -2.45. The molecular formula is C31H38N2O4. The molecule has 3 aromatic rings. The van der Waals surface area contributed by atoms with Crippen molar-refractivity contribution in [2.24, 2.45) is 0 Å². The van der Waals surface area contributed by atoms with Crippen LogP contribution in [0.5, 0.6) is 17.2 Å². The van der Waals surface area contributed by atoms with E-state index in [2.05, 4.69) is 72.6 Å². The van der Waals surface area contributed by atoms with E-state index in [1.54, 1.807) is 7.11 Å². The first kappa shape index (κ1) is 25.6. The number of nitrogens with one attached hydrogen (secondary N) is 1. The van der Waals surface area contributed by atoms with E-state index in [1.807, 2.05) is 24.3 Å². The molecular weight excluding hydrogens is 464 g/mol. The molecule has 0 radical (unpaired) electrons. The quantitative estimate of drug-likeness (QED) is 0.475. The molecule has 2 N–H and O–H groups in total. The first-order valence-electron chi connectivity index (χ1n) is 13.2. The normalized spacial score (nSPS) is 21.9. The van der Waals surface area contributed by atoms with Crippen molar-refractivity contribution in [3.05, 3.63) is 89.5 Å². The fraction of sp³-hybridized carbons (Fsp3) is 0.419. The monoisotopic (exact) mass is 502 g/mol. The minimum absolute atomic E-state index is 0.0967. The summed E-state index contributed by atoms with van der Waals surface area (Å²) >= 11 is 0. The lowest BCUT2D eigenvalue weighted by Crippen LogP contribution is -2.47. The Morgan fingerprint density at radius 2 is 1.68 bits per heavy atom. The molecule has 0 aliphatic carbocycles. The van der Waals surface area contributed by atoms with Gasteiger partial charge in [0, 0.05) is 56.2 Å². The van der Waals surface area contributed by atoms with E-state index in [1.165, 1.54) is 11.1 Å². The lowest BCUT2D eigenvalue weighted by molar-refractivity contribution is 0.0527. The third-order valence-corrected chi connectivity index (χ3v) is 7.53. The van der Waals surface area contributed by atoms with Gasteiger partial charge in [-0.2, -0.15) is 0 Å². The number of aliphatic hydroxyl groups is 1. The van der Waals surface area contributed by atoms with E-state index in [-0.39, 0.29) is 18.4 Å². The van der Waals surface area contributed by atoms with Gasteiger partial charge in [-0.1, -0.05) is 48.5 Å². The maximum absolute atomic E-state index is 10.5. The zero-order chi connectivity index (χ0) is 25.8. The van der Waals surface area contributed by atoms with Crippen molar-refractivity contribution in [2.75, 3.05) is 46.4 Å². The largest absolute Gasteiger partial charge is 0.497 e. The van der Waals surface area contributed by atoms with Crippen LogP contribution in [0, 0.1) is 0 Å². The van der Waals surface area contributed by atoms with Crippen molar-refractivity contribution >= 4 is 0 Å². The van der Waals surface area contributed by atoms with Crippen molar-refractivity contribution < 1.29 is 19.3 Å². The highest BCUT2D eigenvalue weighted by molar-refractivity contribution is 5.52. The van der Waals surface area contributed by atoms with Gasteiger partial charge in [-0.15, -0.1) is 0 Å². The maximum Gasteiger partial charge on any atom is 0.127 e. The number of piperazine rings is 1. The Hall–Kier alpha value is -3.06. The van der Waals surface area contributed by atoms with Crippen LogP contribution >= 0.6 is 0 Å². The Kier molecular flexibility index (Phi) is 7.70. The van der Waals surface area contributed by atoms with E-state index < -0.39 is 11.7 Å². The van der Waals surface area contributed by atoms with Gasteiger partial charge in [0.2, 0.25) is 0 Å².